The van der Waals surface area contributed by atoms with E-state index in [1.54, 1.807) is 10.8 Å². The van der Waals surface area contributed by atoms with E-state index in [4.69, 9.17) is 0 Å². The summed E-state index contributed by atoms with van der Waals surface area (Å²) in [4.78, 5) is 12.0. The van der Waals surface area contributed by atoms with Crippen molar-refractivity contribution in [2.24, 2.45) is 7.05 Å². The lowest BCUT2D eigenvalue weighted by atomic mass is 9.99. The molecule has 1 aromatic rings. The first-order chi connectivity index (χ1) is 9.47. The summed E-state index contributed by atoms with van der Waals surface area (Å²) in [7, 11) is 1.89. The van der Waals surface area contributed by atoms with Crippen molar-refractivity contribution in [1.29, 1.82) is 0 Å². The zero-order valence-electron chi connectivity index (χ0n) is 12.4. The van der Waals surface area contributed by atoms with Crippen molar-refractivity contribution in [2.45, 2.75) is 45.1 Å². The molecule has 5 nitrogen and oxygen atoms in total. The van der Waals surface area contributed by atoms with E-state index in [0.29, 0.717) is 0 Å². The Morgan fingerprint density at radius 3 is 2.60 bits per heavy atom. The molecule has 0 aromatic carbocycles. The van der Waals surface area contributed by atoms with Crippen LogP contribution in [0.25, 0.3) is 6.08 Å². The molecule has 2 N–H and O–H groups in total. The fourth-order valence-electron chi connectivity index (χ4n) is 2.87. The van der Waals surface area contributed by atoms with Crippen LogP contribution in [-0.2, 0) is 11.8 Å². The molecule has 5 heteroatoms. The van der Waals surface area contributed by atoms with Gasteiger partial charge in [0.1, 0.15) is 0 Å². The highest BCUT2D eigenvalue weighted by Crippen LogP contribution is 2.29. The number of aromatic nitrogens is 2. The standard InChI is InChI=1S/C15H23N3O2/c1-11-13(12(2)18(3)17-11)6-7-14(20)16-15(10-19)8-4-5-9-15/h6-7,19H,4-5,8-10H2,1-3H3,(H,16,20). The fourth-order valence-corrected chi connectivity index (χ4v) is 2.87. The van der Waals surface area contributed by atoms with Gasteiger partial charge in [0.2, 0.25) is 5.91 Å². The Morgan fingerprint density at radius 1 is 1.45 bits per heavy atom. The molecule has 0 atom stereocenters. The SMILES string of the molecule is Cc1nn(C)c(C)c1C=CC(=O)NC1(CO)CCCC1. The second kappa shape index (κ2) is 5.79. The van der Waals surface area contributed by atoms with E-state index in [1.165, 1.54) is 6.08 Å². The van der Waals surface area contributed by atoms with Crippen molar-refractivity contribution in [1.82, 2.24) is 15.1 Å². The van der Waals surface area contributed by atoms with Gasteiger partial charge >= 0.3 is 0 Å². The van der Waals surface area contributed by atoms with Gasteiger partial charge in [-0.05, 0) is 32.8 Å². The number of nitrogens with zero attached hydrogens (tertiary/aromatic N) is 2. The molecule has 0 radical (unpaired) electrons. The first-order valence-electron chi connectivity index (χ1n) is 7.09. The first-order valence-corrected chi connectivity index (χ1v) is 7.09. The van der Waals surface area contributed by atoms with Crippen molar-refractivity contribution in [2.75, 3.05) is 6.61 Å². The Hall–Kier alpha value is -1.62. The highest BCUT2D eigenvalue weighted by molar-refractivity contribution is 5.92. The maximum atomic E-state index is 12.0. The Balaban J connectivity index is 2.06. The van der Waals surface area contributed by atoms with Gasteiger partial charge in [0.25, 0.3) is 0 Å². The molecule has 20 heavy (non-hydrogen) atoms. The highest BCUT2D eigenvalue weighted by Gasteiger charge is 2.33. The molecule has 0 aliphatic heterocycles. The van der Waals surface area contributed by atoms with Crippen LogP contribution in [0.3, 0.4) is 0 Å². The summed E-state index contributed by atoms with van der Waals surface area (Å²) in [5, 5.41) is 16.8. The molecule has 1 aliphatic carbocycles. The smallest absolute Gasteiger partial charge is 0.244 e. The largest absolute Gasteiger partial charge is 0.394 e. The van der Waals surface area contributed by atoms with E-state index < -0.39 is 5.54 Å². The number of hydrogen-bond donors (Lipinski definition) is 2. The molecular weight excluding hydrogens is 254 g/mol. The van der Waals surface area contributed by atoms with Gasteiger partial charge in [-0.25, -0.2) is 0 Å². The molecule has 1 amide bonds. The zero-order valence-corrected chi connectivity index (χ0v) is 12.4. The summed E-state index contributed by atoms with van der Waals surface area (Å²) < 4.78 is 1.80. The normalized spacial score (nSPS) is 17.8. The second-order valence-corrected chi connectivity index (χ2v) is 5.68. The predicted octanol–water partition coefficient (Wildman–Crippen LogP) is 1.47. The van der Waals surface area contributed by atoms with E-state index >= 15 is 0 Å². The average molecular weight is 277 g/mol. The van der Waals surface area contributed by atoms with E-state index in [-0.39, 0.29) is 12.5 Å². The van der Waals surface area contributed by atoms with Crippen LogP contribution >= 0.6 is 0 Å². The highest BCUT2D eigenvalue weighted by atomic mass is 16.3. The third kappa shape index (κ3) is 2.93. The van der Waals surface area contributed by atoms with Crippen molar-refractivity contribution in [3.05, 3.63) is 23.0 Å². The van der Waals surface area contributed by atoms with Gasteiger partial charge < -0.3 is 10.4 Å². The molecule has 1 saturated carbocycles. The van der Waals surface area contributed by atoms with E-state index in [9.17, 15) is 9.90 Å². The number of aliphatic hydroxyl groups is 1. The van der Waals surface area contributed by atoms with Gasteiger partial charge in [-0.3, -0.25) is 9.48 Å². The Labute approximate surface area is 119 Å². The molecule has 1 aromatic heterocycles. The van der Waals surface area contributed by atoms with Gasteiger partial charge in [-0.1, -0.05) is 12.8 Å². The van der Waals surface area contributed by atoms with Crippen molar-refractivity contribution >= 4 is 12.0 Å². The number of aliphatic hydroxyl groups excluding tert-OH is 1. The Bertz CT molecular complexity index is 525. The summed E-state index contributed by atoms with van der Waals surface area (Å²) in [6, 6.07) is 0. The minimum atomic E-state index is -0.416. The van der Waals surface area contributed by atoms with Crippen LogP contribution in [0.4, 0.5) is 0 Å². The van der Waals surface area contributed by atoms with Crippen LogP contribution in [0.15, 0.2) is 6.08 Å². The van der Waals surface area contributed by atoms with E-state index in [0.717, 1.165) is 42.6 Å². The maximum Gasteiger partial charge on any atom is 0.244 e. The third-order valence-corrected chi connectivity index (χ3v) is 4.22. The first kappa shape index (κ1) is 14.8. The summed E-state index contributed by atoms with van der Waals surface area (Å²) in [5.74, 6) is -0.149. The maximum absolute atomic E-state index is 12.0. The lowest BCUT2D eigenvalue weighted by Gasteiger charge is -2.27. The lowest BCUT2D eigenvalue weighted by Crippen LogP contribution is -2.48. The molecular formula is C15H23N3O2. The topological polar surface area (TPSA) is 67.2 Å². The van der Waals surface area contributed by atoms with Crippen LogP contribution in [0.1, 0.15) is 42.6 Å². The summed E-state index contributed by atoms with van der Waals surface area (Å²) in [6.45, 7) is 3.91. The van der Waals surface area contributed by atoms with Crippen LogP contribution in [-0.4, -0.2) is 32.9 Å². The van der Waals surface area contributed by atoms with Crippen LogP contribution < -0.4 is 5.32 Å². The van der Waals surface area contributed by atoms with Crippen molar-refractivity contribution < 1.29 is 9.90 Å². The number of amides is 1. The van der Waals surface area contributed by atoms with Gasteiger partial charge in [-0.2, -0.15) is 5.10 Å². The Kier molecular flexibility index (Phi) is 4.28. The number of hydrogen-bond acceptors (Lipinski definition) is 3. The monoisotopic (exact) mass is 277 g/mol. The van der Waals surface area contributed by atoms with Gasteiger partial charge in [0.05, 0.1) is 17.8 Å². The average Bonchev–Trinajstić information content (AvgIpc) is 2.95. The number of carbonyl (C=O) groups is 1. The summed E-state index contributed by atoms with van der Waals surface area (Å²) in [5.41, 5.74) is 2.50. The van der Waals surface area contributed by atoms with Crippen molar-refractivity contribution in [3.63, 3.8) is 0 Å². The van der Waals surface area contributed by atoms with Crippen LogP contribution in [0.5, 0.6) is 0 Å². The number of rotatable bonds is 4. The third-order valence-electron chi connectivity index (χ3n) is 4.22. The fraction of sp³-hybridized carbons (Fsp3) is 0.600. The molecule has 0 spiro atoms. The summed E-state index contributed by atoms with van der Waals surface area (Å²) in [6.07, 6.45) is 7.17. The molecule has 1 fully saturated rings. The molecule has 2 rings (SSSR count). The van der Waals surface area contributed by atoms with Gasteiger partial charge in [0, 0.05) is 24.4 Å². The van der Waals surface area contributed by atoms with Gasteiger partial charge in [0.15, 0.2) is 0 Å². The van der Waals surface area contributed by atoms with Crippen LogP contribution in [0.2, 0.25) is 0 Å². The molecule has 0 saturated heterocycles. The molecule has 110 valence electrons. The van der Waals surface area contributed by atoms with E-state index in [2.05, 4.69) is 10.4 Å². The van der Waals surface area contributed by atoms with Gasteiger partial charge in [-0.15, -0.1) is 0 Å². The Morgan fingerprint density at radius 2 is 2.10 bits per heavy atom. The van der Waals surface area contributed by atoms with Crippen LogP contribution in [0, 0.1) is 13.8 Å². The number of carbonyl (C=O) groups excluding carboxylic acids is 1. The molecule has 0 unspecified atom stereocenters. The predicted molar refractivity (Wildman–Crippen MR) is 78.1 cm³/mol. The molecule has 1 heterocycles. The number of nitrogens with one attached hydrogen (secondary N) is 1. The zero-order chi connectivity index (χ0) is 14.8. The molecule has 0 bridgehead atoms. The number of aryl methyl sites for hydroxylation is 2. The summed E-state index contributed by atoms with van der Waals surface area (Å²) >= 11 is 0. The minimum Gasteiger partial charge on any atom is -0.394 e. The lowest BCUT2D eigenvalue weighted by molar-refractivity contribution is -0.118. The molecule has 1 aliphatic rings. The van der Waals surface area contributed by atoms with Crippen molar-refractivity contribution in [3.8, 4) is 0 Å². The van der Waals surface area contributed by atoms with E-state index in [1.807, 2.05) is 20.9 Å². The second-order valence-electron chi connectivity index (χ2n) is 5.68. The minimum absolute atomic E-state index is 0.0114. The quantitative estimate of drug-likeness (QED) is 0.819.